The summed E-state index contributed by atoms with van der Waals surface area (Å²) in [5, 5.41) is 0. The summed E-state index contributed by atoms with van der Waals surface area (Å²) in [6.45, 7) is 4.27. The van der Waals surface area contributed by atoms with Gasteiger partial charge >= 0.3 is 11.9 Å². The third-order valence-corrected chi connectivity index (χ3v) is 14.6. The van der Waals surface area contributed by atoms with Crippen LogP contribution < -0.4 is 4.89 Å². The second-order valence-corrected chi connectivity index (χ2v) is 23.5. The molecule has 0 fully saturated rings. The van der Waals surface area contributed by atoms with Crippen molar-refractivity contribution in [2.24, 2.45) is 0 Å². The fraction of sp³-hybridized carbons (Fsp3) is 0.871. The Morgan fingerprint density at radius 2 is 0.750 bits per heavy atom. The second-order valence-electron chi connectivity index (χ2n) is 22.1. The first-order valence-corrected chi connectivity index (χ1v) is 32.2. The van der Waals surface area contributed by atoms with Crippen LogP contribution in [0.1, 0.15) is 296 Å². The molecule has 0 bridgehead atoms. The second kappa shape index (κ2) is 54.0. The van der Waals surface area contributed by atoms with Crippen molar-refractivity contribution < 1.29 is 42.1 Å². The Morgan fingerprint density at radius 1 is 0.431 bits per heavy atom. The van der Waals surface area contributed by atoms with Crippen LogP contribution in [0.4, 0.5) is 0 Å². The van der Waals surface area contributed by atoms with E-state index in [1.165, 1.54) is 212 Å². The number of carbonyl (C=O) groups is 2. The summed E-state index contributed by atoms with van der Waals surface area (Å²) in [5.74, 6) is -0.825. The number of phosphoric acid groups is 1. The number of esters is 2. The van der Waals surface area contributed by atoms with E-state index in [0.717, 1.165) is 51.4 Å². The van der Waals surface area contributed by atoms with Gasteiger partial charge in [0.15, 0.2) is 6.10 Å². The topological polar surface area (TPSA) is 111 Å². The van der Waals surface area contributed by atoms with Gasteiger partial charge < -0.3 is 27.9 Å². The maximum Gasteiger partial charge on any atom is 0.306 e. The standard InChI is InChI=1S/C62H118NO8P/c1-6-8-10-12-14-16-18-20-22-24-26-28-29-30-31-32-33-35-36-38-40-42-44-46-48-50-52-54-61(64)68-58-60(59-70-72(66,67)69-57-56-63(3,4)5)71-62(65)55-53-51-49-47-45-43-41-39-37-34-27-25-23-21-19-17-15-13-11-9-7-2/h19,21,24-27,60H,6-18,20,22-23,28-59H2,1-5H3/b21-19-,26-24-,27-25-. The lowest BCUT2D eigenvalue weighted by Gasteiger charge is -2.28. The number of hydrogen-bond donors (Lipinski definition) is 0. The predicted molar refractivity (Wildman–Crippen MR) is 305 cm³/mol. The van der Waals surface area contributed by atoms with Crippen molar-refractivity contribution in [3.05, 3.63) is 36.5 Å². The molecule has 0 rings (SSSR count). The molecule has 0 aromatic carbocycles. The van der Waals surface area contributed by atoms with Crippen LogP contribution in [-0.2, 0) is 32.7 Å². The molecule has 0 aromatic heterocycles. The van der Waals surface area contributed by atoms with Gasteiger partial charge in [-0.2, -0.15) is 0 Å². The van der Waals surface area contributed by atoms with Crippen LogP contribution in [0.15, 0.2) is 36.5 Å². The number of allylic oxidation sites excluding steroid dienone is 6. The molecular weight excluding hydrogens is 918 g/mol. The maximum absolute atomic E-state index is 12.8. The number of quaternary nitrogens is 1. The lowest BCUT2D eigenvalue weighted by atomic mass is 10.0. The fourth-order valence-electron chi connectivity index (χ4n) is 8.86. The average molecular weight is 1040 g/mol. The molecule has 0 aromatic rings. The zero-order valence-corrected chi connectivity index (χ0v) is 49.0. The van der Waals surface area contributed by atoms with Gasteiger partial charge in [0.1, 0.15) is 19.8 Å². The first kappa shape index (κ1) is 70.2. The molecule has 72 heavy (non-hydrogen) atoms. The summed E-state index contributed by atoms with van der Waals surface area (Å²) in [6, 6.07) is 0. The summed E-state index contributed by atoms with van der Waals surface area (Å²) in [6.07, 6.45) is 66.2. The van der Waals surface area contributed by atoms with Crippen molar-refractivity contribution in [2.45, 2.75) is 302 Å². The van der Waals surface area contributed by atoms with Gasteiger partial charge in [0, 0.05) is 12.8 Å². The molecule has 0 heterocycles. The number of unbranched alkanes of at least 4 members (excludes halogenated alkanes) is 37. The number of hydrogen-bond acceptors (Lipinski definition) is 8. The predicted octanol–water partition coefficient (Wildman–Crippen LogP) is 18.5. The Kier molecular flexibility index (Phi) is 52.7. The fourth-order valence-corrected chi connectivity index (χ4v) is 9.59. The van der Waals surface area contributed by atoms with Crippen molar-refractivity contribution in [1.29, 1.82) is 0 Å². The zero-order chi connectivity index (χ0) is 52.7. The average Bonchev–Trinajstić information content (AvgIpc) is 3.34. The molecule has 0 aliphatic heterocycles. The lowest BCUT2D eigenvalue weighted by molar-refractivity contribution is -0.870. The Balaban J connectivity index is 4.10. The summed E-state index contributed by atoms with van der Waals surface area (Å²) >= 11 is 0. The summed E-state index contributed by atoms with van der Waals surface area (Å²) in [4.78, 5) is 37.9. The van der Waals surface area contributed by atoms with E-state index in [0.29, 0.717) is 17.4 Å². The van der Waals surface area contributed by atoms with Crippen molar-refractivity contribution in [2.75, 3.05) is 47.5 Å². The highest BCUT2D eigenvalue weighted by Gasteiger charge is 2.22. The van der Waals surface area contributed by atoms with Crippen LogP contribution in [0.5, 0.6) is 0 Å². The van der Waals surface area contributed by atoms with E-state index in [4.69, 9.17) is 18.5 Å². The highest BCUT2D eigenvalue weighted by atomic mass is 31.2. The van der Waals surface area contributed by atoms with Crippen LogP contribution in [-0.4, -0.2) is 70.0 Å². The van der Waals surface area contributed by atoms with E-state index in [1.807, 2.05) is 21.1 Å². The van der Waals surface area contributed by atoms with E-state index in [1.54, 1.807) is 0 Å². The minimum absolute atomic E-state index is 0.0305. The zero-order valence-electron chi connectivity index (χ0n) is 48.1. The largest absolute Gasteiger partial charge is 0.756 e. The van der Waals surface area contributed by atoms with E-state index < -0.39 is 26.5 Å². The van der Waals surface area contributed by atoms with E-state index in [2.05, 4.69) is 50.3 Å². The Labute approximate surface area is 446 Å². The number of carbonyl (C=O) groups excluding carboxylic acids is 2. The highest BCUT2D eigenvalue weighted by Crippen LogP contribution is 2.38. The number of likely N-dealkylation sites (N-methyl/N-ethyl adjacent to an activating group) is 1. The van der Waals surface area contributed by atoms with Crippen molar-refractivity contribution >= 4 is 19.8 Å². The van der Waals surface area contributed by atoms with Gasteiger partial charge in [0.05, 0.1) is 27.7 Å². The molecule has 9 nitrogen and oxygen atoms in total. The summed E-state index contributed by atoms with van der Waals surface area (Å²) < 4.78 is 34.2. The Morgan fingerprint density at radius 3 is 1.11 bits per heavy atom. The van der Waals surface area contributed by atoms with Gasteiger partial charge in [-0.15, -0.1) is 0 Å². The number of ether oxygens (including phenoxy) is 2. The van der Waals surface area contributed by atoms with Crippen LogP contribution >= 0.6 is 7.82 Å². The highest BCUT2D eigenvalue weighted by molar-refractivity contribution is 7.45. The molecular formula is C62H118NO8P. The van der Waals surface area contributed by atoms with Gasteiger partial charge in [0.2, 0.25) is 0 Å². The SMILES string of the molecule is CCCCCCC/C=C\C/C=C\CCCCCCCCCCCC(=O)OC(COC(=O)CCCCCCCCCCCCCCCCC/C=C\CCCCCCCCCC)COP(=O)([O-])OCC[N+](C)(C)C. The molecule has 0 N–H and O–H groups in total. The molecule has 0 saturated carbocycles. The Bertz CT molecular complexity index is 1310. The monoisotopic (exact) mass is 1040 g/mol. The molecule has 0 aliphatic rings. The summed E-state index contributed by atoms with van der Waals surface area (Å²) in [7, 11) is 1.17. The third-order valence-electron chi connectivity index (χ3n) is 13.6. The minimum atomic E-state index is -4.64. The first-order chi connectivity index (χ1) is 35.0. The van der Waals surface area contributed by atoms with Gasteiger partial charge in [-0.3, -0.25) is 14.2 Å². The van der Waals surface area contributed by atoms with Gasteiger partial charge in [0.25, 0.3) is 7.82 Å². The molecule has 0 spiro atoms. The van der Waals surface area contributed by atoms with Gasteiger partial charge in [-0.1, -0.05) is 249 Å². The molecule has 10 heteroatoms. The molecule has 2 atom stereocenters. The van der Waals surface area contributed by atoms with Crippen molar-refractivity contribution in [3.63, 3.8) is 0 Å². The molecule has 424 valence electrons. The number of rotatable bonds is 57. The first-order valence-electron chi connectivity index (χ1n) is 30.7. The molecule has 0 amide bonds. The van der Waals surface area contributed by atoms with Gasteiger partial charge in [-0.05, 0) is 70.6 Å². The van der Waals surface area contributed by atoms with Crippen LogP contribution in [0.3, 0.4) is 0 Å². The molecule has 0 radical (unpaired) electrons. The van der Waals surface area contributed by atoms with E-state index in [-0.39, 0.29) is 32.0 Å². The Hall–Kier alpha value is -1.77. The minimum Gasteiger partial charge on any atom is -0.756 e. The molecule has 0 aliphatic carbocycles. The van der Waals surface area contributed by atoms with Gasteiger partial charge in [-0.25, -0.2) is 0 Å². The summed E-state index contributed by atoms with van der Waals surface area (Å²) in [5.41, 5.74) is 0. The van der Waals surface area contributed by atoms with Crippen LogP contribution in [0.2, 0.25) is 0 Å². The lowest BCUT2D eigenvalue weighted by Crippen LogP contribution is -2.37. The smallest absolute Gasteiger partial charge is 0.306 e. The number of nitrogens with zero attached hydrogens (tertiary/aromatic N) is 1. The van der Waals surface area contributed by atoms with Crippen LogP contribution in [0, 0.1) is 0 Å². The normalized spacial score (nSPS) is 13.5. The molecule has 2 unspecified atom stereocenters. The van der Waals surface area contributed by atoms with Crippen molar-refractivity contribution in [1.82, 2.24) is 0 Å². The van der Waals surface area contributed by atoms with Crippen LogP contribution in [0.25, 0.3) is 0 Å². The quantitative estimate of drug-likeness (QED) is 0.0195. The van der Waals surface area contributed by atoms with E-state index in [9.17, 15) is 19.0 Å². The third kappa shape index (κ3) is 57.5. The maximum atomic E-state index is 12.8. The van der Waals surface area contributed by atoms with E-state index >= 15 is 0 Å². The number of phosphoric ester groups is 1. The molecule has 0 saturated heterocycles. The van der Waals surface area contributed by atoms with Crippen molar-refractivity contribution in [3.8, 4) is 0 Å².